The Bertz CT molecular complexity index is 574. The van der Waals surface area contributed by atoms with Gasteiger partial charge in [-0.3, -0.25) is 9.59 Å². The predicted octanol–water partition coefficient (Wildman–Crippen LogP) is 2.14. The van der Waals surface area contributed by atoms with Crippen molar-refractivity contribution in [2.24, 2.45) is 22.2 Å². The maximum absolute atomic E-state index is 11.8. The molecule has 4 fully saturated rings. The summed E-state index contributed by atoms with van der Waals surface area (Å²) < 4.78 is 0. The lowest BCUT2D eigenvalue weighted by atomic mass is 9.39. The highest BCUT2D eigenvalue weighted by Crippen LogP contribution is 2.70. The van der Waals surface area contributed by atoms with Crippen molar-refractivity contribution in [1.82, 2.24) is 0 Å². The van der Waals surface area contributed by atoms with E-state index >= 15 is 0 Å². The van der Waals surface area contributed by atoms with Gasteiger partial charge in [0, 0.05) is 5.57 Å². The van der Waals surface area contributed by atoms with Gasteiger partial charge in [-0.1, -0.05) is 6.08 Å². The fraction of sp³-hybridized carbons (Fsp3) is 0.688. The third-order valence-corrected chi connectivity index (χ3v) is 5.88. The highest BCUT2D eigenvalue weighted by Gasteiger charge is 2.67. The Morgan fingerprint density at radius 3 is 1.82 bits per heavy atom. The van der Waals surface area contributed by atoms with Gasteiger partial charge >= 0.3 is 17.9 Å². The second kappa shape index (κ2) is 4.33. The molecule has 0 aliphatic heterocycles. The Labute approximate surface area is 127 Å². The van der Waals surface area contributed by atoms with Crippen molar-refractivity contribution in [3.05, 3.63) is 11.6 Å². The average Bonchev–Trinajstić information content (AvgIpc) is 2.35. The summed E-state index contributed by atoms with van der Waals surface area (Å²) in [6.45, 7) is 1.49. The zero-order valence-corrected chi connectivity index (χ0v) is 12.5. The van der Waals surface area contributed by atoms with Gasteiger partial charge in [0.1, 0.15) is 0 Å². The predicted molar refractivity (Wildman–Crippen MR) is 75.2 cm³/mol. The van der Waals surface area contributed by atoms with Crippen molar-refractivity contribution < 1.29 is 29.7 Å². The molecule has 0 saturated heterocycles. The Morgan fingerprint density at radius 2 is 1.41 bits per heavy atom. The lowest BCUT2D eigenvalue weighted by Gasteiger charge is -2.63. The van der Waals surface area contributed by atoms with Crippen LogP contribution < -0.4 is 0 Å². The van der Waals surface area contributed by atoms with Crippen molar-refractivity contribution in [1.29, 1.82) is 0 Å². The molecule has 2 unspecified atom stereocenters. The Hall–Kier alpha value is -1.85. The topological polar surface area (TPSA) is 112 Å². The average molecular weight is 308 g/mol. The van der Waals surface area contributed by atoms with E-state index in [0.29, 0.717) is 32.1 Å². The van der Waals surface area contributed by atoms with Gasteiger partial charge < -0.3 is 15.3 Å². The molecule has 0 aromatic heterocycles. The summed E-state index contributed by atoms with van der Waals surface area (Å²) in [5, 5.41) is 28.5. The molecule has 0 amide bonds. The number of hydrogen-bond acceptors (Lipinski definition) is 3. The minimum Gasteiger partial charge on any atom is -0.481 e. The fourth-order valence-electron chi connectivity index (χ4n) is 5.67. The summed E-state index contributed by atoms with van der Waals surface area (Å²) in [4.78, 5) is 34.8. The van der Waals surface area contributed by atoms with E-state index in [1.807, 2.05) is 0 Å². The second-order valence-corrected chi connectivity index (χ2v) is 7.67. The molecular formula is C16H20O6. The van der Waals surface area contributed by atoms with Crippen LogP contribution >= 0.6 is 0 Å². The van der Waals surface area contributed by atoms with Gasteiger partial charge in [-0.15, -0.1) is 0 Å². The summed E-state index contributed by atoms with van der Waals surface area (Å²) in [5.74, 6) is -2.87. The van der Waals surface area contributed by atoms with Crippen LogP contribution in [0.15, 0.2) is 11.6 Å². The van der Waals surface area contributed by atoms with Crippen LogP contribution in [-0.2, 0) is 14.4 Å². The van der Waals surface area contributed by atoms with E-state index in [4.69, 9.17) is 5.11 Å². The highest BCUT2D eigenvalue weighted by molar-refractivity contribution is 5.86. The Balaban J connectivity index is 2.10. The molecule has 4 saturated carbocycles. The number of hydrogen-bond donors (Lipinski definition) is 3. The molecule has 0 aromatic rings. The van der Waals surface area contributed by atoms with Crippen LogP contribution in [0.2, 0.25) is 0 Å². The van der Waals surface area contributed by atoms with Gasteiger partial charge in [-0.25, -0.2) is 4.79 Å². The largest absolute Gasteiger partial charge is 0.481 e. The first-order valence-electron chi connectivity index (χ1n) is 7.52. The lowest BCUT2D eigenvalue weighted by molar-refractivity contribution is -0.195. The minimum atomic E-state index is -1.04. The molecule has 0 spiro atoms. The van der Waals surface area contributed by atoms with Gasteiger partial charge in [0.15, 0.2) is 0 Å². The molecule has 4 rings (SSSR count). The van der Waals surface area contributed by atoms with Gasteiger partial charge in [-0.05, 0) is 56.8 Å². The van der Waals surface area contributed by atoms with Crippen LogP contribution in [-0.4, -0.2) is 33.2 Å². The van der Waals surface area contributed by atoms with Crippen LogP contribution in [0.4, 0.5) is 0 Å². The molecule has 3 N–H and O–H groups in total. The normalized spacial score (nSPS) is 43.1. The first-order chi connectivity index (χ1) is 10.1. The summed E-state index contributed by atoms with van der Waals surface area (Å²) in [7, 11) is 0. The van der Waals surface area contributed by atoms with E-state index in [1.54, 1.807) is 6.08 Å². The summed E-state index contributed by atoms with van der Waals surface area (Å²) in [5.41, 5.74) is -2.48. The van der Waals surface area contributed by atoms with E-state index in [1.165, 1.54) is 6.92 Å². The number of carbonyl (C=O) groups is 3. The zero-order valence-electron chi connectivity index (χ0n) is 12.5. The van der Waals surface area contributed by atoms with E-state index in [2.05, 4.69) is 0 Å². The van der Waals surface area contributed by atoms with Crippen molar-refractivity contribution in [2.45, 2.75) is 45.4 Å². The fourth-order valence-corrected chi connectivity index (χ4v) is 5.67. The maximum atomic E-state index is 11.8. The molecule has 4 bridgehead atoms. The summed E-state index contributed by atoms with van der Waals surface area (Å²) in [6.07, 6.45) is 4.23. The molecule has 2 atom stereocenters. The third kappa shape index (κ3) is 1.96. The van der Waals surface area contributed by atoms with Crippen molar-refractivity contribution >= 4 is 17.9 Å². The number of allylic oxidation sites excluding steroid dienone is 1. The molecule has 4 aliphatic rings. The number of carboxylic acids is 3. The quantitative estimate of drug-likeness (QED) is 0.686. The SMILES string of the molecule is CC(=CC12CC3CC(C(=O)O)(C1)CC(C(=O)O)(C3)C2)C(=O)O. The Kier molecular flexibility index (Phi) is 2.97. The molecule has 0 radical (unpaired) electrons. The van der Waals surface area contributed by atoms with Crippen LogP contribution in [0.5, 0.6) is 0 Å². The first-order valence-corrected chi connectivity index (χ1v) is 7.52. The summed E-state index contributed by atoms with van der Waals surface area (Å²) in [6, 6.07) is 0. The number of aliphatic carboxylic acids is 3. The van der Waals surface area contributed by atoms with Crippen molar-refractivity contribution in [3.8, 4) is 0 Å². The van der Waals surface area contributed by atoms with Gasteiger partial charge in [0.05, 0.1) is 10.8 Å². The molecule has 4 aliphatic carbocycles. The van der Waals surface area contributed by atoms with Crippen LogP contribution in [0, 0.1) is 22.2 Å². The van der Waals surface area contributed by atoms with Crippen LogP contribution in [0.1, 0.15) is 45.4 Å². The van der Waals surface area contributed by atoms with Gasteiger partial charge in [-0.2, -0.15) is 0 Å². The first kappa shape index (κ1) is 15.1. The van der Waals surface area contributed by atoms with E-state index in [-0.39, 0.29) is 17.9 Å². The standard InChI is InChI=1S/C16H20O6/c1-9(11(17)18)2-14-3-10-4-15(6-14,12(19)20)8-16(5-10,7-14)13(21)22/h2,10H,3-8H2,1H3,(H,17,18)(H,19,20)(H,21,22). The van der Waals surface area contributed by atoms with E-state index in [9.17, 15) is 24.6 Å². The van der Waals surface area contributed by atoms with Gasteiger partial charge in [0.2, 0.25) is 0 Å². The molecular weight excluding hydrogens is 288 g/mol. The third-order valence-electron chi connectivity index (χ3n) is 5.88. The highest BCUT2D eigenvalue weighted by atomic mass is 16.4. The lowest BCUT2D eigenvalue weighted by Crippen LogP contribution is -2.61. The zero-order chi connectivity index (χ0) is 16.3. The molecule has 0 heterocycles. The number of rotatable bonds is 4. The maximum Gasteiger partial charge on any atom is 0.330 e. The molecule has 0 aromatic carbocycles. The molecule has 6 nitrogen and oxygen atoms in total. The summed E-state index contributed by atoms with van der Waals surface area (Å²) >= 11 is 0. The molecule has 6 heteroatoms. The van der Waals surface area contributed by atoms with Crippen molar-refractivity contribution in [3.63, 3.8) is 0 Å². The Morgan fingerprint density at radius 1 is 0.909 bits per heavy atom. The van der Waals surface area contributed by atoms with E-state index < -0.39 is 34.2 Å². The minimum absolute atomic E-state index is 0.0429. The monoisotopic (exact) mass is 308 g/mol. The van der Waals surface area contributed by atoms with Crippen LogP contribution in [0.3, 0.4) is 0 Å². The van der Waals surface area contributed by atoms with Crippen molar-refractivity contribution in [2.75, 3.05) is 0 Å². The molecule has 22 heavy (non-hydrogen) atoms. The second-order valence-electron chi connectivity index (χ2n) is 7.67. The van der Waals surface area contributed by atoms with Gasteiger partial charge in [0.25, 0.3) is 0 Å². The number of carboxylic acid groups (broad SMARTS) is 3. The van der Waals surface area contributed by atoms with E-state index in [0.717, 1.165) is 0 Å². The smallest absolute Gasteiger partial charge is 0.330 e. The van der Waals surface area contributed by atoms with Crippen LogP contribution in [0.25, 0.3) is 0 Å². The molecule has 120 valence electrons.